The van der Waals surface area contributed by atoms with Gasteiger partial charge in [-0.3, -0.25) is 4.79 Å². The Morgan fingerprint density at radius 1 is 1.25 bits per heavy atom. The zero-order valence-corrected chi connectivity index (χ0v) is 12.2. The number of hydrogen-bond donors (Lipinski definition) is 4. The van der Waals surface area contributed by atoms with E-state index in [9.17, 15) is 4.79 Å². The molecule has 0 aliphatic carbocycles. The molecule has 0 saturated heterocycles. The standard InChI is InChI=1S/C11H20N6O2S/c1-2-5-13-9-15-10(14-6-4-12)17-11(16-9)20-7-3-8(18)19/h2-7,12H2,1H3,(H,18,19)(H2,13,14,15,16,17). The van der Waals surface area contributed by atoms with Crippen LogP contribution in [-0.4, -0.2) is 51.4 Å². The number of nitrogens with zero attached hydrogens (tertiary/aromatic N) is 3. The highest BCUT2D eigenvalue weighted by molar-refractivity contribution is 7.99. The summed E-state index contributed by atoms with van der Waals surface area (Å²) in [4.78, 5) is 23.2. The summed E-state index contributed by atoms with van der Waals surface area (Å²) in [6.45, 7) is 3.85. The molecular weight excluding hydrogens is 280 g/mol. The molecule has 0 spiro atoms. The molecular formula is C11H20N6O2S. The molecule has 5 N–H and O–H groups in total. The summed E-state index contributed by atoms with van der Waals surface area (Å²) in [5.74, 6) is 0.515. The normalized spacial score (nSPS) is 10.3. The molecule has 0 aliphatic rings. The monoisotopic (exact) mass is 300 g/mol. The van der Waals surface area contributed by atoms with Crippen molar-refractivity contribution >= 4 is 29.6 Å². The second kappa shape index (κ2) is 9.32. The molecule has 1 aromatic heterocycles. The minimum atomic E-state index is -0.836. The lowest BCUT2D eigenvalue weighted by atomic mass is 10.5. The van der Waals surface area contributed by atoms with Crippen LogP contribution in [0.4, 0.5) is 11.9 Å². The van der Waals surface area contributed by atoms with Crippen LogP contribution in [0, 0.1) is 0 Å². The molecule has 0 amide bonds. The van der Waals surface area contributed by atoms with Crippen LogP contribution in [0.5, 0.6) is 0 Å². The summed E-state index contributed by atoms with van der Waals surface area (Å²) in [6.07, 6.45) is 1.03. The number of hydrogen-bond acceptors (Lipinski definition) is 8. The fourth-order valence-electron chi connectivity index (χ4n) is 1.23. The molecule has 0 aromatic carbocycles. The van der Waals surface area contributed by atoms with E-state index in [-0.39, 0.29) is 6.42 Å². The Kier molecular flexibility index (Phi) is 7.66. The molecule has 0 radical (unpaired) electrons. The lowest BCUT2D eigenvalue weighted by Gasteiger charge is -2.08. The third-order valence-corrected chi connectivity index (χ3v) is 2.97. The van der Waals surface area contributed by atoms with Crippen LogP contribution in [0.2, 0.25) is 0 Å². The largest absolute Gasteiger partial charge is 0.481 e. The number of carboxylic acids is 1. The minimum Gasteiger partial charge on any atom is -0.481 e. The molecule has 0 atom stereocenters. The van der Waals surface area contributed by atoms with Crippen LogP contribution in [0.15, 0.2) is 5.16 Å². The Morgan fingerprint density at radius 2 is 1.90 bits per heavy atom. The fourth-order valence-corrected chi connectivity index (χ4v) is 1.99. The first-order valence-corrected chi connectivity index (χ1v) is 7.42. The van der Waals surface area contributed by atoms with Crippen molar-refractivity contribution in [3.8, 4) is 0 Å². The zero-order valence-electron chi connectivity index (χ0n) is 11.4. The topological polar surface area (TPSA) is 126 Å². The van der Waals surface area contributed by atoms with Crippen molar-refractivity contribution in [3.05, 3.63) is 0 Å². The van der Waals surface area contributed by atoms with Gasteiger partial charge in [0.05, 0.1) is 6.42 Å². The highest BCUT2D eigenvalue weighted by Crippen LogP contribution is 2.17. The van der Waals surface area contributed by atoms with Crippen LogP contribution < -0.4 is 16.4 Å². The van der Waals surface area contributed by atoms with E-state index < -0.39 is 5.97 Å². The van der Waals surface area contributed by atoms with Crippen molar-refractivity contribution in [3.63, 3.8) is 0 Å². The van der Waals surface area contributed by atoms with Crippen molar-refractivity contribution in [1.82, 2.24) is 15.0 Å². The maximum Gasteiger partial charge on any atom is 0.304 e. The molecule has 1 aromatic rings. The van der Waals surface area contributed by atoms with E-state index >= 15 is 0 Å². The zero-order chi connectivity index (χ0) is 14.8. The Balaban J connectivity index is 2.71. The first kappa shape index (κ1) is 16.4. The maximum absolute atomic E-state index is 10.5. The van der Waals surface area contributed by atoms with Crippen LogP contribution in [0.3, 0.4) is 0 Å². The smallest absolute Gasteiger partial charge is 0.304 e. The van der Waals surface area contributed by atoms with Crippen molar-refractivity contribution in [2.45, 2.75) is 24.9 Å². The molecule has 0 unspecified atom stereocenters. The summed E-state index contributed by atoms with van der Waals surface area (Å²) in [5, 5.41) is 15.2. The third kappa shape index (κ3) is 6.53. The van der Waals surface area contributed by atoms with Gasteiger partial charge in [0.15, 0.2) is 5.16 Å². The van der Waals surface area contributed by atoms with Crippen molar-refractivity contribution in [1.29, 1.82) is 0 Å². The lowest BCUT2D eigenvalue weighted by Crippen LogP contribution is -2.16. The molecule has 1 rings (SSSR count). The number of anilines is 2. The highest BCUT2D eigenvalue weighted by Gasteiger charge is 2.07. The summed E-state index contributed by atoms with van der Waals surface area (Å²) < 4.78 is 0. The van der Waals surface area contributed by atoms with Gasteiger partial charge in [-0.05, 0) is 6.42 Å². The lowest BCUT2D eigenvalue weighted by molar-refractivity contribution is -0.136. The van der Waals surface area contributed by atoms with Gasteiger partial charge in [0.2, 0.25) is 11.9 Å². The summed E-state index contributed by atoms with van der Waals surface area (Å²) >= 11 is 1.29. The fraction of sp³-hybridized carbons (Fsp3) is 0.636. The van der Waals surface area contributed by atoms with Gasteiger partial charge in [-0.25, -0.2) is 0 Å². The number of nitrogens with one attached hydrogen (secondary N) is 2. The van der Waals surface area contributed by atoms with E-state index in [0.717, 1.165) is 13.0 Å². The maximum atomic E-state index is 10.5. The average molecular weight is 300 g/mol. The van der Waals surface area contributed by atoms with Crippen molar-refractivity contribution in [2.24, 2.45) is 5.73 Å². The molecule has 0 bridgehead atoms. The quantitative estimate of drug-likeness (QED) is 0.460. The van der Waals surface area contributed by atoms with Crippen LogP contribution in [-0.2, 0) is 4.79 Å². The highest BCUT2D eigenvalue weighted by atomic mass is 32.2. The van der Waals surface area contributed by atoms with Crippen LogP contribution in [0.25, 0.3) is 0 Å². The Hall–Kier alpha value is -1.61. The van der Waals surface area contributed by atoms with Crippen molar-refractivity contribution in [2.75, 3.05) is 36.0 Å². The second-order valence-electron chi connectivity index (χ2n) is 3.90. The molecule has 0 aliphatic heterocycles. The molecule has 1 heterocycles. The number of rotatable bonds is 10. The van der Waals surface area contributed by atoms with E-state index in [0.29, 0.717) is 35.9 Å². The number of carbonyl (C=O) groups is 1. The predicted octanol–water partition coefficient (Wildman–Crippen LogP) is 0.631. The number of aliphatic carboxylic acids is 1. The number of nitrogens with two attached hydrogens (primary N) is 1. The average Bonchev–Trinajstić information content (AvgIpc) is 2.42. The SMILES string of the molecule is CCCNc1nc(NCCN)nc(SCCC(=O)O)n1. The Morgan fingerprint density at radius 3 is 2.45 bits per heavy atom. The van der Waals surface area contributed by atoms with E-state index in [1.165, 1.54) is 11.8 Å². The third-order valence-electron chi connectivity index (χ3n) is 2.12. The van der Waals surface area contributed by atoms with E-state index in [4.69, 9.17) is 10.8 Å². The van der Waals surface area contributed by atoms with Gasteiger partial charge in [0.1, 0.15) is 0 Å². The number of thioether (sulfide) groups is 1. The molecule has 8 nitrogen and oxygen atoms in total. The first-order chi connectivity index (χ1) is 9.65. The van der Waals surface area contributed by atoms with E-state index in [2.05, 4.69) is 25.6 Å². The predicted molar refractivity (Wildman–Crippen MR) is 79.1 cm³/mol. The van der Waals surface area contributed by atoms with E-state index in [1.54, 1.807) is 0 Å². The number of aromatic nitrogens is 3. The van der Waals surface area contributed by atoms with E-state index in [1.807, 2.05) is 6.92 Å². The van der Waals surface area contributed by atoms with Gasteiger partial charge in [-0.1, -0.05) is 18.7 Å². The first-order valence-electron chi connectivity index (χ1n) is 6.44. The Labute approximate surface area is 122 Å². The summed E-state index contributed by atoms with van der Waals surface area (Å²) in [5.41, 5.74) is 5.43. The molecule has 20 heavy (non-hydrogen) atoms. The molecule has 0 fully saturated rings. The summed E-state index contributed by atoms with van der Waals surface area (Å²) in [7, 11) is 0. The van der Waals surface area contributed by atoms with Crippen LogP contribution in [0.1, 0.15) is 19.8 Å². The molecule has 9 heteroatoms. The number of carboxylic acid groups (broad SMARTS) is 1. The van der Waals surface area contributed by atoms with Gasteiger partial charge < -0.3 is 21.5 Å². The summed E-state index contributed by atoms with van der Waals surface area (Å²) in [6, 6.07) is 0. The van der Waals surface area contributed by atoms with Gasteiger partial charge in [0.25, 0.3) is 0 Å². The van der Waals surface area contributed by atoms with Crippen LogP contribution >= 0.6 is 11.8 Å². The molecule has 112 valence electrons. The van der Waals surface area contributed by atoms with Gasteiger partial charge in [-0.2, -0.15) is 15.0 Å². The second-order valence-corrected chi connectivity index (χ2v) is 4.96. The minimum absolute atomic E-state index is 0.0691. The molecule has 0 saturated carbocycles. The van der Waals surface area contributed by atoms with Gasteiger partial charge in [0, 0.05) is 25.4 Å². The van der Waals surface area contributed by atoms with Crippen molar-refractivity contribution < 1.29 is 9.90 Å². The van der Waals surface area contributed by atoms with Gasteiger partial charge in [-0.15, -0.1) is 0 Å². The van der Waals surface area contributed by atoms with Gasteiger partial charge >= 0.3 is 5.97 Å². The Bertz CT molecular complexity index is 405.